The molecule has 16 heavy (non-hydrogen) atoms. The van der Waals surface area contributed by atoms with Gasteiger partial charge in [0.15, 0.2) is 0 Å². The van der Waals surface area contributed by atoms with Gasteiger partial charge in [0.2, 0.25) is 0 Å². The number of fused-ring (bicyclic) bond motifs is 1. The molecule has 3 rings (SSSR count). The van der Waals surface area contributed by atoms with Gasteiger partial charge >= 0.3 is 0 Å². The van der Waals surface area contributed by atoms with E-state index in [1.54, 1.807) is 11.3 Å². The van der Waals surface area contributed by atoms with Gasteiger partial charge in [-0.3, -0.25) is 4.98 Å². The fourth-order valence-corrected chi connectivity index (χ4v) is 2.98. The number of rotatable bonds is 1. The van der Waals surface area contributed by atoms with Gasteiger partial charge in [0, 0.05) is 22.1 Å². The van der Waals surface area contributed by atoms with E-state index in [9.17, 15) is 0 Å². The second-order valence-corrected chi connectivity index (χ2v) is 5.42. The molecule has 5 heteroatoms. The van der Waals surface area contributed by atoms with Crippen molar-refractivity contribution in [1.29, 1.82) is 0 Å². The van der Waals surface area contributed by atoms with Crippen molar-refractivity contribution in [2.75, 3.05) is 17.2 Å². The van der Waals surface area contributed by atoms with Crippen LogP contribution in [0.1, 0.15) is 10.9 Å². The number of aromatic nitrogens is 1. The van der Waals surface area contributed by atoms with Crippen LogP contribution in [0.5, 0.6) is 0 Å². The number of para-hydroxylation sites is 1. The van der Waals surface area contributed by atoms with E-state index in [0.29, 0.717) is 6.04 Å². The Morgan fingerprint density at radius 3 is 3.19 bits per heavy atom. The second-order valence-electron chi connectivity index (χ2n) is 3.64. The topological polar surface area (TPSA) is 37.0 Å². The molecule has 0 aliphatic carbocycles. The lowest BCUT2D eigenvalue weighted by atomic mass is 10.1. The van der Waals surface area contributed by atoms with Crippen LogP contribution in [0.2, 0.25) is 0 Å². The number of hydrogen-bond acceptors (Lipinski definition) is 4. The molecule has 2 heterocycles. The summed E-state index contributed by atoms with van der Waals surface area (Å²) in [5.41, 5.74) is 4.15. The van der Waals surface area contributed by atoms with Gasteiger partial charge in [0.05, 0.1) is 22.9 Å². The zero-order valence-electron chi connectivity index (χ0n) is 8.40. The van der Waals surface area contributed by atoms with Crippen LogP contribution in [-0.4, -0.2) is 11.5 Å². The molecule has 1 aromatic heterocycles. The Morgan fingerprint density at radius 1 is 1.44 bits per heavy atom. The van der Waals surface area contributed by atoms with Gasteiger partial charge < -0.3 is 10.6 Å². The van der Waals surface area contributed by atoms with Crippen LogP contribution in [0.15, 0.2) is 34.4 Å². The van der Waals surface area contributed by atoms with Crippen LogP contribution in [0, 0.1) is 0 Å². The first-order chi connectivity index (χ1) is 7.84. The molecule has 2 N–H and O–H groups in total. The molecule has 0 fully saturated rings. The number of nitrogens with one attached hydrogen (secondary N) is 2. The smallest absolute Gasteiger partial charge is 0.0796 e. The molecule has 0 radical (unpaired) electrons. The van der Waals surface area contributed by atoms with E-state index in [4.69, 9.17) is 0 Å². The second kappa shape index (κ2) is 4.07. The summed E-state index contributed by atoms with van der Waals surface area (Å²) < 4.78 is 1.09. The van der Waals surface area contributed by atoms with E-state index in [1.807, 2.05) is 23.8 Å². The van der Waals surface area contributed by atoms with Crippen molar-refractivity contribution in [3.05, 3.63) is 39.3 Å². The number of nitrogens with zero attached hydrogens (tertiary/aromatic N) is 1. The molecular weight excluding hydrogens is 286 g/mol. The number of hydrogen-bond donors (Lipinski definition) is 2. The van der Waals surface area contributed by atoms with Gasteiger partial charge in [-0.1, -0.05) is 6.07 Å². The first kappa shape index (κ1) is 10.1. The molecule has 0 saturated carbocycles. The standard InChI is InChI=1S/C11H10BrN3S/c12-7-2-1-3-8-11(7)15-9(4-14-8)10-5-13-6-16-10/h1-3,5-6,9,14-15H,4H2. The molecule has 0 saturated heterocycles. The molecule has 0 spiro atoms. The average Bonchev–Trinajstić information content (AvgIpc) is 2.83. The highest BCUT2D eigenvalue weighted by Crippen LogP contribution is 2.37. The Bertz CT molecular complexity index is 498. The minimum atomic E-state index is 0.304. The van der Waals surface area contributed by atoms with E-state index in [-0.39, 0.29) is 0 Å². The summed E-state index contributed by atoms with van der Waals surface area (Å²) in [6.45, 7) is 0.894. The molecule has 1 aliphatic heterocycles. The lowest BCUT2D eigenvalue weighted by Crippen LogP contribution is -2.25. The van der Waals surface area contributed by atoms with E-state index in [2.05, 4.69) is 37.6 Å². The molecule has 1 atom stereocenters. The largest absolute Gasteiger partial charge is 0.381 e. The van der Waals surface area contributed by atoms with Crippen molar-refractivity contribution in [3.63, 3.8) is 0 Å². The fourth-order valence-electron chi connectivity index (χ4n) is 1.82. The average molecular weight is 296 g/mol. The predicted octanol–water partition coefficient (Wildman–Crippen LogP) is 3.48. The third-order valence-corrected chi connectivity index (χ3v) is 4.17. The molecule has 0 bridgehead atoms. The molecule has 1 unspecified atom stereocenters. The van der Waals surface area contributed by atoms with Crippen molar-refractivity contribution >= 4 is 38.6 Å². The van der Waals surface area contributed by atoms with E-state index in [0.717, 1.165) is 22.4 Å². The van der Waals surface area contributed by atoms with Gasteiger partial charge in [-0.05, 0) is 28.1 Å². The minimum absolute atomic E-state index is 0.304. The first-order valence-electron chi connectivity index (χ1n) is 5.02. The van der Waals surface area contributed by atoms with Gasteiger partial charge in [0.25, 0.3) is 0 Å². The molecule has 1 aliphatic rings. The molecule has 1 aromatic carbocycles. The Labute approximate surface area is 106 Å². The quantitative estimate of drug-likeness (QED) is 0.846. The van der Waals surface area contributed by atoms with Crippen LogP contribution in [0.4, 0.5) is 11.4 Å². The fraction of sp³-hybridized carbons (Fsp3) is 0.182. The molecule has 0 amide bonds. The highest BCUT2D eigenvalue weighted by molar-refractivity contribution is 9.10. The summed E-state index contributed by atoms with van der Waals surface area (Å²) in [7, 11) is 0. The van der Waals surface area contributed by atoms with Crippen LogP contribution >= 0.6 is 27.3 Å². The minimum Gasteiger partial charge on any atom is -0.381 e. The Balaban J connectivity index is 1.94. The van der Waals surface area contributed by atoms with Crippen LogP contribution in [0.3, 0.4) is 0 Å². The maximum absolute atomic E-state index is 4.11. The summed E-state index contributed by atoms with van der Waals surface area (Å²) in [6.07, 6.45) is 1.92. The summed E-state index contributed by atoms with van der Waals surface area (Å²) in [5, 5.41) is 6.96. The number of thiazole rings is 1. The summed E-state index contributed by atoms with van der Waals surface area (Å²) in [5.74, 6) is 0. The predicted molar refractivity (Wildman–Crippen MR) is 71.1 cm³/mol. The van der Waals surface area contributed by atoms with Crippen molar-refractivity contribution in [2.24, 2.45) is 0 Å². The Kier molecular flexibility index (Phi) is 2.57. The highest BCUT2D eigenvalue weighted by atomic mass is 79.9. The van der Waals surface area contributed by atoms with Crippen molar-refractivity contribution in [1.82, 2.24) is 4.98 Å². The molecule has 2 aromatic rings. The Hall–Kier alpha value is -1.07. The van der Waals surface area contributed by atoms with Crippen molar-refractivity contribution in [2.45, 2.75) is 6.04 Å². The number of halogens is 1. The van der Waals surface area contributed by atoms with Crippen LogP contribution < -0.4 is 10.6 Å². The van der Waals surface area contributed by atoms with Gasteiger partial charge in [0.1, 0.15) is 0 Å². The maximum atomic E-state index is 4.11. The zero-order valence-corrected chi connectivity index (χ0v) is 10.8. The summed E-state index contributed by atoms with van der Waals surface area (Å²) in [6, 6.07) is 6.46. The zero-order chi connectivity index (χ0) is 11.0. The van der Waals surface area contributed by atoms with Gasteiger partial charge in [-0.15, -0.1) is 11.3 Å². The molecular formula is C11H10BrN3S. The maximum Gasteiger partial charge on any atom is 0.0796 e. The summed E-state index contributed by atoms with van der Waals surface area (Å²) >= 11 is 5.24. The number of anilines is 2. The van der Waals surface area contributed by atoms with E-state index < -0.39 is 0 Å². The van der Waals surface area contributed by atoms with Crippen molar-refractivity contribution < 1.29 is 0 Å². The third kappa shape index (κ3) is 1.70. The van der Waals surface area contributed by atoms with Gasteiger partial charge in [-0.2, -0.15) is 0 Å². The van der Waals surface area contributed by atoms with E-state index in [1.165, 1.54) is 4.88 Å². The normalized spacial score (nSPS) is 18.4. The van der Waals surface area contributed by atoms with Crippen molar-refractivity contribution in [3.8, 4) is 0 Å². The Morgan fingerprint density at radius 2 is 2.38 bits per heavy atom. The number of benzene rings is 1. The summed E-state index contributed by atoms with van der Waals surface area (Å²) in [4.78, 5) is 5.37. The lowest BCUT2D eigenvalue weighted by Gasteiger charge is -2.28. The lowest BCUT2D eigenvalue weighted by molar-refractivity contribution is 0.816. The SMILES string of the molecule is Brc1cccc2c1NC(c1cncs1)CN2. The third-order valence-electron chi connectivity index (χ3n) is 2.62. The monoisotopic (exact) mass is 295 g/mol. The molecule has 82 valence electrons. The van der Waals surface area contributed by atoms with Crippen LogP contribution in [0.25, 0.3) is 0 Å². The first-order valence-corrected chi connectivity index (χ1v) is 6.69. The molecule has 3 nitrogen and oxygen atoms in total. The highest BCUT2D eigenvalue weighted by Gasteiger charge is 2.20. The van der Waals surface area contributed by atoms with Gasteiger partial charge in [-0.25, -0.2) is 0 Å². The van der Waals surface area contributed by atoms with Crippen LogP contribution in [-0.2, 0) is 0 Å². The van der Waals surface area contributed by atoms with E-state index >= 15 is 0 Å².